The Bertz CT molecular complexity index is 683. The first-order chi connectivity index (χ1) is 8.25. The quantitative estimate of drug-likeness (QED) is 0.688. The summed E-state index contributed by atoms with van der Waals surface area (Å²) >= 11 is 0. The average molecular weight is 223 g/mol. The Labute approximate surface area is 99.5 Å². The zero-order valence-corrected chi connectivity index (χ0v) is 9.86. The SMILES string of the molecule is Cc1cnc(C)c(-c2c[nH]c3ccccc23)n1. The van der Waals surface area contributed by atoms with E-state index in [4.69, 9.17) is 0 Å². The Morgan fingerprint density at radius 3 is 2.82 bits per heavy atom. The van der Waals surface area contributed by atoms with E-state index < -0.39 is 0 Å². The topological polar surface area (TPSA) is 41.6 Å². The molecule has 0 saturated carbocycles. The monoisotopic (exact) mass is 223 g/mol. The molecule has 3 nitrogen and oxygen atoms in total. The average Bonchev–Trinajstić information content (AvgIpc) is 2.76. The van der Waals surface area contributed by atoms with Gasteiger partial charge in [0, 0.05) is 28.9 Å². The lowest BCUT2D eigenvalue weighted by molar-refractivity contribution is 1.07. The number of nitrogens with zero attached hydrogens (tertiary/aromatic N) is 2. The van der Waals surface area contributed by atoms with Crippen LogP contribution in [0.3, 0.4) is 0 Å². The number of aromatic amines is 1. The summed E-state index contributed by atoms with van der Waals surface area (Å²) in [7, 11) is 0. The molecule has 1 N–H and O–H groups in total. The molecule has 0 saturated heterocycles. The van der Waals surface area contributed by atoms with Gasteiger partial charge < -0.3 is 4.98 Å². The highest BCUT2D eigenvalue weighted by atomic mass is 14.8. The fourth-order valence-electron chi connectivity index (χ4n) is 2.06. The summed E-state index contributed by atoms with van der Waals surface area (Å²) in [5, 5.41) is 1.19. The van der Waals surface area contributed by atoms with E-state index in [1.165, 1.54) is 5.39 Å². The molecule has 0 spiro atoms. The van der Waals surface area contributed by atoms with Gasteiger partial charge >= 0.3 is 0 Å². The Kier molecular flexibility index (Phi) is 2.18. The van der Waals surface area contributed by atoms with Crippen molar-refractivity contribution in [2.45, 2.75) is 13.8 Å². The maximum atomic E-state index is 4.58. The normalized spacial score (nSPS) is 10.9. The van der Waals surface area contributed by atoms with Gasteiger partial charge in [-0.25, -0.2) is 4.98 Å². The molecule has 0 radical (unpaired) electrons. The number of hydrogen-bond donors (Lipinski definition) is 1. The van der Waals surface area contributed by atoms with Crippen LogP contribution in [0, 0.1) is 13.8 Å². The summed E-state index contributed by atoms with van der Waals surface area (Å²) in [5.41, 5.74) is 5.11. The minimum Gasteiger partial charge on any atom is -0.360 e. The van der Waals surface area contributed by atoms with E-state index in [2.05, 4.69) is 27.1 Å². The Morgan fingerprint density at radius 1 is 1.12 bits per heavy atom. The van der Waals surface area contributed by atoms with Gasteiger partial charge in [-0.05, 0) is 19.9 Å². The van der Waals surface area contributed by atoms with E-state index in [0.717, 1.165) is 28.2 Å². The molecule has 0 fully saturated rings. The molecule has 0 aliphatic rings. The van der Waals surface area contributed by atoms with Crippen molar-refractivity contribution in [3.63, 3.8) is 0 Å². The van der Waals surface area contributed by atoms with Crippen LogP contribution in [0.25, 0.3) is 22.2 Å². The molecule has 0 aliphatic heterocycles. The largest absolute Gasteiger partial charge is 0.360 e. The highest BCUT2D eigenvalue weighted by Crippen LogP contribution is 2.28. The minimum atomic E-state index is 0.941. The number of fused-ring (bicyclic) bond motifs is 1. The summed E-state index contributed by atoms with van der Waals surface area (Å²) < 4.78 is 0. The van der Waals surface area contributed by atoms with Crippen molar-refractivity contribution >= 4 is 10.9 Å². The van der Waals surface area contributed by atoms with Crippen molar-refractivity contribution in [2.24, 2.45) is 0 Å². The van der Waals surface area contributed by atoms with E-state index in [1.807, 2.05) is 32.2 Å². The molecule has 1 aromatic carbocycles. The molecule has 3 aromatic rings. The number of aromatic nitrogens is 3. The third kappa shape index (κ3) is 1.60. The fourth-order valence-corrected chi connectivity index (χ4v) is 2.06. The van der Waals surface area contributed by atoms with E-state index in [9.17, 15) is 0 Å². The van der Waals surface area contributed by atoms with Gasteiger partial charge in [-0.2, -0.15) is 0 Å². The second kappa shape index (κ2) is 3.70. The molecule has 3 rings (SSSR count). The predicted molar refractivity (Wildman–Crippen MR) is 68.8 cm³/mol. The Balaban J connectivity index is 2.31. The van der Waals surface area contributed by atoms with Crippen molar-refractivity contribution in [3.05, 3.63) is 48.0 Å². The van der Waals surface area contributed by atoms with Crippen LogP contribution in [0.5, 0.6) is 0 Å². The molecule has 0 amide bonds. The Hall–Kier alpha value is -2.16. The van der Waals surface area contributed by atoms with Crippen molar-refractivity contribution in [2.75, 3.05) is 0 Å². The van der Waals surface area contributed by atoms with Crippen LogP contribution in [0.2, 0.25) is 0 Å². The van der Waals surface area contributed by atoms with E-state index in [1.54, 1.807) is 6.20 Å². The smallest absolute Gasteiger partial charge is 0.0939 e. The first-order valence-electron chi connectivity index (χ1n) is 5.62. The molecule has 0 aliphatic carbocycles. The van der Waals surface area contributed by atoms with Crippen LogP contribution in [0.4, 0.5) is 0 Å². The molecule has 17 heavy (non-hydrogen) atoms. The number of hydrogen-bond acceptors (Lipinski definition) is 2. The van der Waals surface area contributed by atoms with Crippen LogP contribution < -0.4 is 0 Å². The zero-order chi connectivity index (χ0) is 11.8. The first kappa shape index (κ1) is 10.0. The number of para-hydroxylation sites is 1. The van der Waals surface area contributed by atoms with Crippen molar-refractivity contribution < 1.29 is 0 Å². The molecule has 2 heterocycles. The predicted octanol–water partition coefficient (Wildman–Crippen LogP) is 3.24. The van der Waals surface area contributed by atoms with Gasteiger partial charge in [0.15, 0.2) is 0 Å². The highest BCUT2D eigenvalue weighted by Gasteiger charge is 2.10. The lowest BCUT2D eigenvalue weighted by atomic mass is 10.1. The van der Waals surface area contributed by atoms with Gasteiger partial charge in [0.2, 0.25) is 0 Å². The molecular formula is C14H13N3. The third-order valence-corrected chi connectivity index (χ3v) is 2.92. The maximum absolute atomic E-state index is 4.58. The number of rotatable bonds is 1. The lowest BCUT2D eigenvalue weighted by Gasteiger charge is -2.03. The molecule has 3 heteroatoms. The number of benzene rings is 1. The second-order valence-corrected chi connectivity index (χ2v) is 4.19. The lowest BCUT2D eigenvalue weighted by Crippen LogP contribution is -1.93. The van der Waals surface area contributed by atoms with Crippen LogP contribution in [0.15, 0.2) is 36.7 Å². The maximum Gasteiger partial charge on any atom is 0.0939 e. The molecule has 0 atom stereocenters. The summed E-state index contributed by atoms with van der Waals surface area (Å²) in [5.74, 6) is 0. The summed E-state index contributed by atoms with van der Waals surface area (Å²) in [6.45, 7) is 3.95. The second-order valence-electron chi connectivity index (χ2n) is 4.19. The van der Waals surface area contributed by atoms with Gasteiger partial charge in [0.05, 0.1) is 17.1 Å². The molecule has 2 aromatic heterocycles. The van der Waals surface area contributed by atoms with Crippen molar-refractivity contribution in [3.8, 4) is 11.3 Å². The summed E-state index contributed by atoms with van der Waals surface area (Å²) in [4.78, 5) is 12.2. The third-order valence-electron chi connectivity index (χ3n) is 2.92. The van der Waals surface area contributed by atoms with Crippen molar-refractivity contribution in [1.82, 2.24) is 15.0 Å². The summed E-state index contributed by atoms with van der Waals surface area (Å²) in [6, 6.07) is 8.23. The molecular weight excluding hydrogens is 210 g/mol. The first-order valence-corrected chi connectivity index (χ1v) is 5.62. The standard InChI is InChI=1S/C14H13N3/c1-9-7-15-10(2)14(17-9)12-8-16-13-6-4-3-5-11(12)13/h3-8,16H,1-2H3. The number of H-pyrrole nitrogens is 1. The molecule has 0 unspecified atom stereocenters. The van der Waals surface area contributed by atoms with Crippen LogP contribution in [-0.4, -0.2) is 15.0 Å². The summed E-state index contributed by atoms with van der Waals surface area (Å²) in [6.07, 6.45) is 3.80. The molecule has 84 valence electrons. The number of nitrogens with one attached hydrogen (secondary N) is 1. The zero-order valence-electron chi connectivity index (χ0n) is 9.86. The van der Waals surface area contributed by atoms with Gasteiger partial charge in [-0.1, -0.05) is 18.2 Å². The van der Waals surface area contributed by atoms with E-state index in [-0.39, 0.29) is 0 Å². The van der Waals surface area contributed by atoms with Crippen LogP contribution >= 0.6 is 0 Å². The minimum absolute atomic E-state index is 0.941. The van der Waals surface area contributed by atoms with E-state index >= 15 is 0 Å². The Morgan fingerprint density at radius 2 is 1.94 bits per heavy atom. The molecule has 0 bridgehead atoms. The van der Waals surface area contributed by atoms with Crippen LogP contribution in [-0.2, 0) is 0 Å². The highest BCUT2D eigenvalue weighted by molar-refractivity contribution is 5.94. The van der Waals surface area contributed by atoms with E-state index in [0.29, 0.717) is 0 Å². The van der Waals surface area contributed by atoms with Gasteiger partial charge in [-0.3, -0.25) is 4.98 Å². The van der Waals surface area contributed by atoms with Gasteiger partial charge in [-0.15, -0.1) is 0 Å². The van der Waals surface area contributed by atoms with Gasteiger partial charge in [0.25, 0.3) is 0 Å². The number of aryl methyl sites for hydroxylation is 2. The van der Waals surface area contributed by atoms with Crippen LogP contribution in [0.1, 0.15) is 11.4 Å². The van der Waals surface area contributed by atoms with Crippen molar-refractivity contribution in [1.29, 1.82) is 0 Å². The van der Waals surface area contributed by atoms with Gasteiger partial charge in [0.1, 0.15) is 0 Å². The fraction of sp³-hybridized carbons (Fsp3) is 0.143.